The molecule has 0 aliphatic rings. The highest BCUT2D eigenvalue weighted by atomic mass is 32.2. The Labute approximate surface area is 107 Å². The first kappa shape index (κ1) is 14.9. The Morgan fingerprint density at radius 1 is 1.50 bits per heavy atom. The lowest BCUT2D eigenvalue weighted by Gasteiger charge is -2.27. The molecular weight excluding hydrogens is 254 g/mol. The van der Waals surface area contributed by atoms with Crippen molar-refractivity contribution in [1.82, 2.24) is 9.29 Å². The third-order valence-corrected chi connectivity index (χ3v) is 4.31. The molecule has 7 heteroatoms. The SMILES string of the molecule is CCN(CC(C)(C)O)S(=O)(=O)c1cnccc1N. The minimum Gasteiger partial charge on any atom is -0.398 e. The molecule has 0 unspecified atom stereocenters. The average Bonchev–Trinajstić information content (AvgIpc) is 2.24. The first-order chi connectivity index (χ1) is 8.18. The van der Waals surface area contributed by atoms with Crippen molar-refractivity contribution in [1.29, 1.82) is 0 Å². The van der Waals surface area contributed by atoms with Gasteiger partial charge in [-0.1, -0.05) is 6.92 Å². The van der Waals surface area contributed by atoms with Crippen LogP contribution in [0.4, 0.5) is 5.69 Å². The van der Waals surface area contributed by atoms with Gasteiger partial charge in [-0.2, -0.15) is 4.31 Å². The van der Waals surface area contributed by atoms with Gasteiger partial charge in [-0.05, 0) is 19.9 Å². The lowest BCUT2D eigenvalue weighted by molar-refractivity contribution is 0.0601. The summed E-state index contributed by atoms with van der Waals surface area (Å²) in [6.45, 7) is 5.06. The number of nitrogens with two attached hydrogens (primary N) is 1. The molecule has 0 saturated heterocycles. The molecule has 0 amide bonds. The topological polar surface area (TPSA) is 96.5 Å². The maximum Gasteiger partial charge on any atom is 0.246 e. The van der Waals surface area contributed by atoms with Gasteiger partial charge in [0.2, 0.25) is 10.0 Å². The molecule has 6 nitrogen and oxygen atoms in total. The van der Waals surface area contributed by atoms with E-state index in [-0.39, 0.29) is 23.7 Å². The Kier molecular flexibility index (Phi) is 4.31. The normalized spacial score (nSPS) is 12.9. The standard InChI is InChI=1S/C11H19N3O3S/c1-4-14(8-11(2,3)15)18(16,17)10-7-13-6-5-9(10)12/h5-7,15H,4,8H2,1-3H3,(H2,12,13). The van der Waals surface area contributed by atoms with Crippen molar-refractivity contribution in [2.24, 2.45) is 0 Å². The Bertz CT molecular complexity index is 509. The smallest absolute Gasteiger partial charge is 0.246 e. The molecule has 102 valence electrons. The van der Waals surface area contributed by atoms with Gasteiger partial charge in [0.1, 0.15) is 4.90 Å². The van der Waals surface area contributed by atoms with Gasteiger partial charge in [0, 0.05) is 25.5 Å². The summed E-state index contributed by atoms with van der Waals surface area (Å²) in [7, 11) is -3.73. The van der Waals surface area contributed by atoms with Gasteiger partial charge in [-0.15, -0.1) is 0 Å². The van der Waals surface area contributed by atoms with Crippen LogP contribution in [0.5, 0.6) is 0 Å². The van der Waals surface area contributed by atoms with Crippen molar-refractivity contribution in [2.45, 2.75) is 31.3 Å². The van der Waals surface area contributed by atoms with Crippen LogP contribution in [0.1, 0.15) is 20.8 Å². The highest BCUT2D eigenvalue weighted by molar-refractivity contribution is 7.89. The Hall–Kier alpha value is -1.18. The first-order valence-corrected chi connectivity index (χ1v) is 7.04. The summed E-state index contributed by atoms with van der Waals surface area (Å²) in [5, 5.41) is 9.75. The summed E-state index contributed by atoms with van der Waals surface area (Å²) in [4.78, 5) is 3.75. The van der Waals surface area contributed by atoms with Crippen molar-refractivity contribution >= 4 is 15.7 Å². The number of anilines is 1. The fourth-order valence-electron chi connectivity index (χ4n) is 1.54. The maximum atomic E-state index is 12.4. The third-order valence-electron chi connectivity index (χ3n) is 2.35. The van der Waals surface area contributed by atoms with E-state index >= 15 is 0 Å². The van der Waals surface area contributed by atoms with E-state index < -0.39 is 15.6 Å². The van der Waals surface area contributed by atoms with Crippen molar-refractivity contribution in [3.05, 3.63) is 18.5 Å². The molecule has 0 bridgehead atoms. The van der Waals surface area contributed by atoms with Gasteiger partial charge in [0.05, 0.1) is 11.3 Å². The van der Waals surface area contributed by atoms with Crippen LogP contribution in [0.2, 0.25) is 0 Å². The Morgan fingerprint density at radius 3 is 2.56 bits per heavy atom. The van der Waals surface area contributed by atoms with E-state index in [0.717, 1.165) is 0 Å². The summed E-state index contributed by atoms with van der Waals surface area (Å²) in [6, 6.07) is 1.44. The van der Waals surface area contributed by atoms with Crippen molar-refractivity contribution in [2.75, 3.05) is 18.8 Å². The van der Waals surface area contributed by atoms with Gasteiger partial charge in [-0.3, -0.25) is 4.98 Å². The van der Waals surface area contributed by atoms with Crippen LogP contribution in [0.3, 0.4) is 0 Å². The molecule has 1 aromatic heterocycles. The van der Waals surface area contributed by atoms with E-state index in [2.05, 4.69) is 4.98 Å². The number of rotatable bonds is 5. The lowest BCUT2D eigenvalue weighted by atomic mass is 10.1. The number of likely N-dealkylation sites (N-methyl/N-ethyl adjacent to an activating group) is 1. The predicted octanol–water partition coefficient (Wildman–Crippen LogP) is 0.445. The fraction of sp³-hybridized carbons (Fsp3) is 0.545. The minimum absolute atomic E-state index is 0.000166. The molecule has 0 aliphatic carbocycles. The Balaban J connectivity index is 3.16. The van der Waals surface area contributed by atoms with Gasteiger partial charge in [0.25, 0.3) is 0 Å². The summed E-state index contributed by atoms with van der Waals surface area (Å²) in [5.41, 5.74) is 4.70. The fourth-order valence-corrected chi connectivity index (χ4v) is 3.21. The Morgan fingerprint density at radius 2 is 2.11 bits per heavy atom. The number of pyridine rings is 1. The largest absolute Gasteiger partial charge is 0.398 e. The quantitative estimate of drug-likeness (QED) is 0.811. The molecule has 0 fully saturated rings. The zero-order chi connectivity index (χ0) is 14.0. The second-order valence-corrected chi connectivity index (χ2v) is 6.56. The average molecular weight is 273 g/mol. The van der Waals surface area contributed by atoms with Crippen LogP contribution in [-0.2, 0) is 10.0 Å². The zero-order valence-corrected chi connectivity index (χ0v) is 11.6. The van der Waals surface area contributed by atoms with Crippen LogP contribution in [0, 0.1) is 0 Å². The van der Waals surface area contributed by atoms with E-state index in [1.165, 1.54) is 22.8 Å². The zero-order valence-electron chi connectivity index (χ0n) is 10.8. The van der Waals surface area contributed by atoms with Crippen molar-refractivity contribution in [3.63, 3.8) is 0 Å². The monoisotopic (exact) mass is 273 g/mol. The van der Waals surface area contributed by atoms with E-state index in [9.17, 15) is 13.5 Å². The van der Waals surface area contributed by atoms with E-state index in [1.807, 2.05) is 0 Å². The maximum absolute atomic E-state index is 12.4. The predicted molar refractivity (Wildman–Crippen MR) is 69.4 cm³/mol. The van der Waals surface area contributed by atoms with Crippen LogP contribution >= 0.6 is 0 Å². The summed E-state index contributed by atoms with van der Waals surface area (Å²) < 4.78 is 25.9. The molecule has 1 rings (SSSR count). The molecule has 0 radical (unpaired) electrons. The number of sulfonamides is 1. The number of hydrogen-bond donors (Lipinski definition) is 2. The highest BCUT2D eigenvalue weighted by Gasteiger charge is 2.29. The molecule has 0 saturated carbocycles. The van der Waals surface area contributed by atoms with E-state index in [4.69, 9.17) is 5.73 Å². The van der Waals surface area contributed by atoms with Crippen LogP contribution in [0.25, 0.3) is 0 Å². The molecule has 1 aromatic rings. The van der Waals surface area contributed by atoms with E-state index in [0.29, 0.717) is 0 Å². The van der Waals surface area contributed by atoms with Gasteiger partial charge < -0.3 is 10.8 Å². The van der Waals surface area contributed by atoms with Crippen LogP contribution < -0.4 is 5.73 Å². The highest BCUT2D eigenvalue weighted by Crippen LogP contribution is 2.22. The molecule has 0 aromatic carbocycles. The molecular formula is C11H19N3O3S. The molecule has 1 heterocycles. The van der Waals surface area contributed by atoms with Crippen molar-refractivity contribution in [3.8, 4) is 0 Å². The molecule has 0 spiro atoms. The molecule has 0 atom stereocenters. The van der Waals surface area contributed by atoms with E-state index in [1.54, 1.807) is 20.8 Å². The molecule has 3 N–H and O–H groups in total. The number of aromatic nitrogens is 1. The lowest BCUT2D eigenvalue weighted by Crippen LogP contribution is -2.42. The molecule has 18 heavy (non-hydrogen) atoms. The third kappa shape index (κ3) is 3.41. The number of nitrogens with zero attached hydrogens (tertiary/aromatic N) is 2. The molecule has 0 aliphatic heterocycles. The number of hydrogen-bond acceptors (Lipinski definition) is 5. The first-order valence-electron chi connectivity index (χ1n) is 5.60. The number of aliphatic hydroxyl groups is 1. The van der Waals surface area contributed by atoms with Gasteiger partial charge >= 0.3 is 0 Å². The van der Waals surface area contributed by atoms with Gasteiger partial charge in [-0.25, -0.2) is 8.42 Å². The summed E-state index contributed by atoms with van der Waals surface area (Å²) >= 11 is 0. The van der Waals surface area contributed by atoms with Crippen molar-refractivity contribution < 1.29 is 13.5 Å². The van der Waals surface area contributed by atoms with Crippen LogP contribution in [-0.4, -0.2) is 41.5 Å². The van der Waals surface area contributed by atoms with Gasteiger partial charge in [0.15, 0.2) is 0 Å². The minimum atomic E-state index is -3.73. The number of nitrogen functional groups attached to an aromatic ring is 1. The second kappa shape index (κ2) is 5.21. The summed E-state index contributed by atoms with van der Waals surface area (Å²) in [6.07, 6.45) is 2.65. The summed E-state index contributed by atoms with van der Waals surface area (Å²) in [5.74, 6) is 0. The van der Waals surface area contributed by atoms with Crippen LogP contribution in [0.15, 0.2) is 23.4 Å². The second-order valence-electron chi connectivity index (χ2n) is 4.66.